The maximum Gasteiger partial charge on any atom is 0.332 e. The van der Waals surface area contributed by atoms with Crippen LogP contribution in [-0.2, 0) is 0 Å². The quantitative estimate of drug-likeness (QED) is 0.516. The van der Waals surface area contributed by atoms with Crippen LogP contribution in [0.5, 0.6) is 0 Å². The van der Waals surface area contributed by atoms with E-state index in [-0.39, 0.29) is 0 Å². The monoisotopic (exact) mass is 178 g/mol. The fourth-order valence-corrected chi connectivity index (χ4v) is 0.844. The van der Waals surface area contributed by atoms with Crippen molar-refractivity contribution in [1.82, 2.24) is 9.99 Å². The third kappa shape index (κ3) is 2.48. The fourth-order valence-electron chi connectivity index (χ4n) is 0.844. The summed E-state index contributed by atoms with van der Waals surface area (Å²) in [6.07, 6.45) is 4.93. The lowest BCUT2D eigenvalue weighted by atomic mass is 10.5. The Kier molecular flexibility index (Phi) is 2.86. The molecule has 5 nitrogen and oxygen atoms in total. The Balaban J connectivity index is 2.67. The highest BCUT2D eigenvalue weighted by atomic mass is 16.2. The molecule has 13 heavy (non-hydrogen) atoms. The van der Waals surface area contributed by atoms with Gasteiger partial charge in [0.15, 0.2) is 0 Å². The van der Waals surface area contributed by atoms with Crippen LogP contribution in [0, 0.1) is 0 Å². The topological polar surface area (TPSA) is 72.4 Å². The van der Waals surface area contributed by atoms with Crippen LogP contribution in [0.25, 0.3) is 6.20 Å². The summed E-state index contributed by atoms with van der Waals surface area (Å²) in [4.78, 5) is 10.3. The molecule has 0 aliphatic carbocycles. The first-order valence-electron chi connectivity index (χ1n) is 3.62. The number of hydrogen-bond acceptors (Lipinski definition) is 2. The molecule has 1 aromatic heterocycles. The predicted molar refractivity (Wildman–Crippen MR) is 51.1 cm³/mol. The largest absolute Gasteiger partial charge is 0.350 e. The van der Waals surface area contributed by atoms with E-state index in [0.717, 1.165) is 5.69 Å². The normalized spacial score (nSPS) is 10.2. The third-order valence-electron chi connectivity index (χ3n) is 1.38. The second kappa shape index (κ2) is 4.10. The Morgan fingerprint density at radius 2 is 2.54 bits per heavy atom. The van der Waals surface area contributed by atoms with Gasteiger partial charge in [0, 0.05) is 12.4 Å². The smallest absolute Gasteiger partial charge is 0.332 e. The summed E-state index contributed by atoms with van der Waals surface area (Å²) < 4.78 is 1.76. The van der Waals surface area contributed by atoms with Gasteiger partial charge in [-0.05, 0) is 12.1 Å². The van der Waals surface area contributed by atoms with Crippen molar-refractivity contribution < 1.29 is 4.79 Å². The summed E-state index contributed by atoms with van der Waals surface area (Å²) >= 11 is 0. The third-order valence-corrected chi connectivity index (χ3v) is 1.38. The molecular weight excluding hydrogens is 168 g/mol. The van der Waals surface area contributed by atoms with Crippen molar-refractivity contribution in [3.63, 3.8) is 0 Å². The first-order valence-corrected chi connectivity index (χ1v) is 3.62. The van der Waals surface area contributed by atoms with Gasteiger partial charge in [0.1, 0.15) is 0 Å². The highest BCUT2D eigenvalue weighted by molar-refractivity contribution is 5.80. The Bertz CT molecular complexity index is 340. The van der Waals surface area contributed by atoms with E-state index in [9.17, 15) is 4.79 Å². The van der Waals surface area contributed by atoms with Crippen molar-refractivity contribution in [3.8, 4) is 0 Å². The number of nitrogens with zero attached hydrogens (tertiary/aromatic N) is 2. The number of amides is 2. The molecular formula is C8H10N4O. The van der Waals surface area contributed by atoms with Gasteiger partial charge in [-0.1, -0.05) is 6.58 Å². The summed E-state index contributed by atoms with van der Waals surface area (Å²) in [5.41, 5.74) is 7.72. The number of aromatic nitrogens is 1. The lowest BCUT2D eigenvalue weighted by Crippen LogP contribution is -2.24. The van der Waals surface area contributed by atoms with Crippen LogP contribution in [0.3, 0.4) is 0 Å². The zero-order chi connectivity index (χ0) is 9.68. The van der Waals surface area contributed by atoms with E-state index >= 15 is 0 Å². The van der Waals surface area contributed by atoms with E-state index in [0.29, 0.717) is 0 Å². The van der Waals surface area contributed by atoms with Crippen LogP contribution < -0.4 is 11.2 Å². The number of carbonyl (C=O) groups is 1. The molecule has 0 saturated heterocycles. The lowest BCUT2D eigenvalue weighted by Gasteiger charge is -1.95. The SMILES string of the molecule is C=Cn1cccc1/C=N/NC(N)=O. The van der Waals surface area contributed by atoms with Crippen molar-refractivity contribution in [2.45, 2.75) is 0 Å². The molecule has 1 aromatic rings. The standard InChI is InChI=1S/C8H10N4O/c1-2-12-5-3-4-7(12)6-10-11-8(9)13/h2-6H,1H2,(H3,9,11,13)/b10-6+. The molecule has 68 valence electrons. The van der Waals surface area contributed by atoms with E-state index in [4.69, 9.17) is 5.73 Å². The number of rotatable bonds is 3. The van der Waals surface area contributed by atoms with E-state index in [1.54, 1.807) is 10.8 Å². The maximum atomic E-state index is 10.3. The second-order valence-electron chi connectivity index (χ2n) is 2.26. The number of nitrogens with one attached hydrogen (secondary N) is 1. The van der Waals surface area contributed by atoms with Gasteiger partial charge in [0.05, 0.1) is 11.9 Å². The molecule has 0 spiro atoms. The van der Waals surface area contributed by atoms with Gasteiger partial charge in [0.2, 0.25) is 0 Å². The Morgan fingerprint density at radius 1 is 1.77 bits per heavy atom. The molecule has 1 heterocycles. The summed E-state index contributed by atoms with van der Waals surface area (Å²) in [5.74, 6) is 0. The van der Waals surface area contributed by atoms with Gasteiger partial charge in [-0.25, -0.2) is 10.2 Å². The summed E-state index contributed by atoms with van der Waals surface area (Å²) in [6, 6.07) is 2.98. The van der Waals surface area contributed by atoms with Gasteiger partial charge in [-0.15, -0.1) is 0 Å². The molecule has 3 N–H and O–H groups in total. The number of primary amides is 1. The number of carbonyl (C=O) groups excluding carboxylic acids is 1. The summed E-state index contributed by atoms with van der Waals surface area (Å²) in [6.45, 7) is 3.60. The molecule has 0 saturated carbocycles. The van der Waals surface area contributed by atoms with Gasteiger partial charge >= 0.3 is 6.03 Å². The fraction of sp³-hybridized carbons (Fsp3) is 0. The van der Waals surface area contributed by atoms with Crippen LogP contribution in [0.2, 0.25) is 0 Å². The molecule has 0 atom stereocenters. The van der Waals surface area contributed by atoms with Gasteiger partial charge in [-0.3, -0.25) is 0 Å². The zero-order valence-corrected chi connectivity index (χ0v) is 6.97. The lowest BCUT2D eigenvalue weighted by molar-refractivity contribution is 0.249. The summed E-state index contributed by atoms with van der Waals surface area (Å²) in [7, 11) is 0. The zero-order valence-electron chi connectivity index (χ0n) is 6.97. The molecule has 0 radical (unpaired) electrons. The molecule has 1 rings (SSSR count). The Labute approximate surface area is 75.5 Å². The van der Waals surface area contributed by atoms with Crippen molar-refractivity contribution in [2.24, 2.45) is 10.8 Å². The van der Waals surface area contributed by atoms with Crippen molar-refractivity contribution >= 4 is 18.4 Å². The molecule has 0 aliphatic rings. The van der Waals surface area contributed by atoms with Crippen molar-refractivity contribution in [1.29, 1.82) is 0 Å². The number of hydrogen-bond donors (Lipinski definition) is 2. The van der Waals surface area contributed by atoms with E-state index in [2.05, 4.69) is 17.1 Å². The van der Waals surface area contributed by atoms with E-state index in [1.807, 2.05) is 18.3 Å². The molecule has 0 aromatic carbocycles. The minimum atomic E-state index is -0.687. The number of urea groups is 1. The van der Waals surface area contributed by atoms with Crippen LogP contribution >= 0.6 is 0 Å². The molecule has 0 aliphatic heterocycles. The first kappa shape index (κ1) is 9.05. The highest BCUT2D eigenvalue weighted by Crippen LogP contribution is 1.98. The van der Waals surface area contributed by atoms with Crippen LogP contribution in [0.4, 0.5) is 4.79 Å². The maximum absolute atomic E-state index is 10.3. The number of hydrazone groups is 1. The minimum Gasteiger partial charge on any atom is -0.350 e. The van der Waals surface area contributed by atoms with Gasteiger partial charge < -0.3 is 10.3 Å². The molecule has 5 heteroatoms. The summed E-state index contributed by atoms with van der Waals surface area (Å²) in [5, 5.41) is 3.60. The first-order chi connectivity index (χ1) is 6.24. The average molecular weight is 178 g/mol. The highest BCUT2D eigenvalue weighted by Gasteiger charge is 1.92. The van der Waals surface area contributed by atoms with E-state index < -0.39 is 6.03 Å². The number of nitrogens with two attached hydrogens (primary N) is 1. The van der Waals surface area contributed by atoms with Crippen LogP contribution in [-0.4, -0.2) is 16.8 Å². The van der Waals surface area contributed by atoms with Crippen LogP contribution in [0.1, 0.15) is 5.69 Å². The average Bonchev–Trinajstić information content (AvgIpc) is 2.51. The molecule has 0 bridgehead atoms. The van der Waals surface area contributed by atoms with Crippen LogP contribution in [0.15, 0.2) is 30.0 Å². The Hall–Kier alpha value is -2.04. The molecule has 0 fully saturated rings. The second-order valence-corrected chi connectivity index (χ2v) is 2.26. The predicted octanol–water partition coefficient (Wildman–Crippen LogP) is 0.591. The Morgan fingerprint density at radius 3 is 3.15 bits per heavy atom. The molecule has 2 amide bonds. The van der Waals surface area contributed by atoms with E-state index in [1.165, 1.54) is 6.21 Å². The molecule has 0 unspecified atom stereocenters. The van der Waals surface area contributed by atoms with Crippen molar-refractivity contribution in [2.75, 3.05) is 0 Å². The van der Waals surface area contributed by atoms with Gasteiger partial charge in [-0.2, -0.15) is 5.10 Å². The van der Waals surface area contributed by atoms with Crippen molar-refractivity contribution in [3.05, 3.63) is 30.6 Å². The van der Waals surface area contributed by atoms with Gasteiger partial charge in [0.25, 0.3) is 0 Å². The minimum absolute atomic E-state index is 0.687.